The van der Waals surface area contributed by atoms with E-state index >= 15 is 0 Å². The van der Waals surface area contributed by atoms with E-state index in [1.165, 1.54) is 273 Å². The number of aldehydes is 3. The third kappa shape index (κ3) is 14.1. The molecule has 0 bridgehead atoms. The van der Waals surface area contributed by atoms with Crippen LogP contribution < -0.4 is 14.7 Å². The Morgan fingerprint density at radius 3 is 1.09 bits per heavy atom. The highest BCUT2D eigenvalue weighted by molar-refractivity contribution is 7.17. The molecule has 122 heavy (non-hydrogen) atoms. The third-order valence-electron chi connectivity index (χ3n) is 29.6. The molecule has 9 aliphatic rings. The van der Waals surface area contributed by atoms with Gasteiger partial charge in [-0.25, -0.2) is 0 Å². The lowest BCUT2D eigenvalue weighted by atomic mass is 9.71. The predicted octanol–water partition coefficient (Wildman–Crippen LogP) is 31.5. The first-order valence-electron chi connectivity index (χ1n) is 45.9. The molecule has 9 heteroatoms. The fraction of sp³-hybridized carbons (Fsp3) is 0.336. The first-order chi connectivity index (χ1) is 59.7. The Morgan fingerprint density at radius 1 is 0.344 bits per heavy atom. The Bertz CT molecular complexity index is 6070. The number of allylic oxidation sites excluding steroid dienone is 3. The second kappa shape index (κ2) is 34.1. The Morgan fingerprint density at radius 2 is 0.689 bits per heavy atom. The van der Waals surface area contributed by atoms with Crippen LogP contribution in [0.15, 0.2) is 224 Å². The number of anilines is 6. The second-order valence-electron chi connectivity index (χ2n) is 36.8. The molecule has 9 aromatic carbocycles. The molecule has 3 aromatic heterocycles. The molecule has 0 radical (unpaired) electrons. The predicted molar refractivity (Wildman–Crippen MR) is 519 cm³/mol. The van der Waals surface area contributed by atoms with Crippen LogP contribution in [0.4, 0.5) is 34.1 Å². The van der Waals surface area contributed by atoms with Crippen LogP contribution in [0.25, 0.3) is 82.9 Å². The normalized spacial score (nSPS) is 19.9. The fourth-order valence-electron chi connectivity index (χ4n) is 23.9. The highest BCUT2D eigenvalue weighted by atomic mass is 32.1. The highest BCUT2D eigenvalue weighted by Crippen LogP contribution is 2.63. The minimum atomic E-state index is 0.0385. The van der Waals surface area contributed by atoms with Gasteiger partial charge in [0.05, 0.1) is 0 Å². The van der Waals surface area contributed by atoms with E-state index in [2.05, 4.69) is 276 Å². The van der Waals surface area contributed by atoms with Crippen LogP contribution in [0.5, 0.6) is 0 Å². The van der Waals surface area contributed by atoms with E-state index in [-0.39, 0.29) is 16.2 Å². The SMILES string of the molecule is CCCCC1(CCCC)c2ccccc2-c2cc(N3c4ccc(-c5cc(C)c(/C=C/C=O)s5)cc4C4CCCC43)ccc21.CCCCC1(CCCC)c2ccccc2-c2cc(N3c4ccc(-c5ccc(/C=C/C=O)s5)cc4C4CCCC43)ccc21.Cc1cc(-c2ccc3c(c2)C2CCCC2N3c2ccc3c(c2)-c2ccccc2C3(C)C)sc1/C=C/C=O. The largest absolute Gasteiger partial charge is 0.337 e. The molecule has 6 unspecified atom stereocenters. The number of hydrogen-bond acceptors (Lipinski definition) is 9. The van der Waals surface area contributed by atoms with Gasteiger partial charge in [-0.3, -0.25) is 14.4 Å². The van der Waals surface area contributed by atoms with Crippen molar-refractivity contribution in [2.75, 3.05) is 14.7 Å². The molecular weight excluding hydrogens is 1540 g/mol. The van der Waals surface area contributed by atoms with Crippen LogP contribution >= 0.6 is 34.0 Å². The van der Waals surface area contributed by atoms with Crippen LogP contribution in [0.2, 0.25) is 0 Å². The van der Waals surface area contributed by atoms with Gasteiger partial charge in [-0.15, -0.1) is 34.0 Å². The van der Waals surface area contributed by atoms with Crippen LogP contribution in [-0.4, -0.2) is 37.0 Å². The smallest absolute Gasteiger partial charge is 0.142 e. The lowest BCUT2D eigenvalue weighted by Gasteiger charge is -2.33. The average molecular weight is 1660 g/mol. The van der Waals surface area contributed by atoms with E-state index in [1.54, 1.807) is 74.5 Å². The number of carbonyl (C=O) groups excluding carboxylic acids is 3. The molecule has 6 heterocycles. The van der Waals surface area contributed by atoms with E-state index in [0.717, 1.165) is 33.5 Å². The number of hydrogen-bond donors (Lipinski definition) is 0. The minimum Gasteiger partial charge on any atom is -0.337 e. The minimum absolute atomic E-state index is 0.0385. The quantitative estimate of drug-likeness (QED) is 0.0444. The van der Waals surface area contributed by atoms with Crippen molar-refractivity contribution in [1.82, 2.24) is 0 Å². The molecule has 6 atom stereocenters. The van der Waals surface area contributed by atoms with Crippen molar-refractivity contribution < 1.29 is 14.4 Å². The van der Waals surface area contributed by atoms with Gasteiger partial charge in [0, 0.05) is 116 Å². The number of nitrogens with zero attached hydrogens (tertiary/aromatic N) is 3. The van der Waals surface area contributed by atoms with Gasteiger partial charge >= 0.3 is 0 Å². The van der Waals surface area contributed by atoms with Gasteiger partial charge in [0.2, 0.25) is 0 Å². The number of unbranched alkanes of at least 4 members (excludes halogenated alkanes) is 4. The van der Waals surface area contributed by atoms with E-state index < -0.39 is 0 Å². The van der Waals surface area contributed by atoms with Gasteiger partial charge < -0.3 is 14.7 Å². The van der Waals surface area contributed by atoms with Crippen LogP contribution in [0.1, 0.15) is 270 Å². The summed E-state index contributed by atoms with van der Waals surface area (Å²) in [6.45, 7) is 18.3. The molecule has 6 aliphatic carbocycles. The van der Waals surface area contributed by atoms with Crippen molar-refractivity contribution in [2.24, 2.45) is 0 Å². The summed E-state index contributed by atoms with van der Waals surface area (Å²) in [5, 5.41) is 0. The molecule has 6 nitrogen and oxygen atoms in total. The molecule has 0 N–H and O–H groups in total. The van der Waals surface area contributed by atoms with Crippen molar-refractivity contribution in [3.8, 4) is 64.7 Å². The standard InChI is InChI=1S/C40H43NOS.C39H41NOS.C34H31NOS/c1-4-6-21-40(22-7-5-2)34-14-9-8-12-30(34)32-26-29(18-19-35(32)40)41-36-15-10-13-31(36)33-25-28(17-20-37(33)41)39-24-27(3)38(43-39)16-11-23-42;1-3-5-22-39(23-6-4-2)34-14-8-7-12-30(34)32-26-28(17-19-35(32)39)40-36-15-9-13-31(36)33-25-27(16-20-37(33)40)38-21-18-29(42-38)11-10-24-41;1-21-18-33(37-32(21)12-7-17-36)22-13-16-31-27(19-22)25-9-6-11-30(25)35(31)23-14-15-29-26(20-23)24-8-4-5-10-28(24)34(29,2)3/h8-9,11-12,14,16-20,23-26,31,36H,4-7,10,13,15,21-22H2,1-3H3;7-8,10-12,14,16-21,24-26,31,36H,3-6,9,13,15,22-23H2,1-2H3;4-5,7-8,10,12-20,25,30H,6,9,11H2,1-3H3/b16-11+;11-10+;12-7+. The molecule has 0 spiro atoms. The maximum atomic E-state index is 10.9. The molecule has 618 valence electrons. The summed E-state index contributed by atoms with van der Waals surface area (Å²) in [6, 6.07) is 81.5. The molecule has 21 rings (SSSR count). The van der Waals surface area contributed by atoms with Gasteiger partial charge in [0.15, 0.2) is 0 Å². The summed E-state index contributed by atoms with van der Waals surface area (Å²) in [6.07, 6.45) is 39.4. The third-order valence-corrected chi connectivity index (χ3v) is 33.2. The number of thiophene rings is 3. The molecule has 3 aliphatic heterocycles. The molecule has 3 fully saturated rings. The summed E-state index contributed by atoms with van der Waals surface area (Å²) >= 11 is 5.30. The number of benzene rings is 9. The van der Waals surface area contributed by atoms with Gasteiger partial charge in [-0.1, -0.05) is 221 Å². The molecular formula is C113H115N3O3S3. The Balaban J connectivity index is 0.000000121. The zero-order chi connectivity index (χ0) is 83.5. The van der Waals surface area contributed by atoms with E-state index in [9.17, 15) is 14.4 Å². The van der Waals surface area contributed by atoms with E-state index in [1.807, 2.05) is 18.2 Å². The second-order valence-corrected chi connectivity index (χ2v) is 40.1. The summed E-state index contributed by atoms with van der Waals surface area (Å²) in [5.41, 5.74) is 37.1. The molecule has 0 amide bonds. The monoisotopic (exact) mass is 1660 g/mol. The maximum Gasteiger partial charge on any atom is 0.142 e. The summed E-state index contributed by atoms with van der Waals surface area (Å²) in [5.74, 6) is 1.75. The highest BCUT2D eigenvalue weighted by Gasteiger charge is 2.49. The average Bonchev–Trinajstić information content (AvgIpc) is 1.58. The topological polar surface area (TPSA) is 60.9 Å². The van der Waals surface area contributed by atoms with Crippen molar-refractivity contribution in [3.05, 3.63) is 300 Å². The van der Waals surface area contributed by atoms with E-state index in [4.69, 9.17) is 0 Å². The van der Waals surface area contributed by atoms with Crippen LogP contribution in [-0.2, 0) is 30.6 Å². The summed E-state index contributed by atoms with van der Waals surface area (Å²) < 4.78 is 0. The van der Waals surface area contributed by atoms with Gasteiger partial charge in [0.1, 0.15) is 18.9 Å². The lowest BCUT2D eigenvalue weighted by Crippen LogP contribution is -2.27. The van der Waals surface area contributed by atoms with Gasteiger partial charge in [0.25, 0.3) is 0 Å². The first kappa shape index (κ1) is 81.4. The maximum absolute atomic E-state index is 10.9. The van der Waals surface area contributed by atoms with Crippen molar-refractivity contribution >= 4 is 105 Å². The van der Waals surface area contributed by atoms with Crippen molar-refractivity contribution in [3.63, 3.8) is 0 Å². The van der Waals surface area contributed by atoms with Gasteiger partial charge in [-0.05, 0) is 323 Å². The van der Waals surface area contributed by atoms with Crippen molar-refractivity contribution in [2.45, 2.75) is 242 Å². The molecule has 12 aromatic rings. The fourth-order valence-corrected chi connectivity index (χ4v) is 27.0. The Hall–Kier alpha value is -10.3. The van der Waals surface area contributed by atoms with E-state index in [0.29, 0.717) is 35.9 Å². The van der Waals surface area contributed by atoms with Crippen LogP contribution in [0, 0.1) is 13.8 Å². The van der Waals surface area contributed by atoms with Crippen molar-refractivity contribution in [1.29, 1.82) is 0 Å². The summed E-state index contributed by atoms with van der Waals surface area (Å²) in [4.78, 5) is 47.8. The first-order valence-corrected chi connectivity index (χ1v) is 48.4. The Kier molecular flexibility index (Phi) is 22.7. The zero-order valence-corrected chi connectivity index (χ0v) is 74.9. The molecule has 3 saturated carbocycles. The summed E-state index contributed by atoms with van der Waals surface area (Å²) in [7, 11) is 0. The zero-order valence-electron chi connectivity index (χ0n) is 72.4. The van der Waals surface area contributed by atoms with Crippen LogP contribution in [0.3, 0.4) is 0 Å². The number of fused-ring (bicyclic) bond motifs is 18. The number of rotatable bonds is 24. The lowest BCUT2D eigenvalue weighted by molar-refractivity contribution is -0.104. The Labute approximate surface area is 736 Å². The molecule has 0 saturated heterocycles. The van der Waals surface area contributed by atoms with Gasteiger partial charge in [-0.2, -0.15) is 0 Å². The number of aryl methyl sites for hydroxylation is 2. The number of carbonyl (C=O) groups is 3.